The van der Waals surface area contributed by atoms with Crippen LogP contribution in [0.4, 0.5) is 0 Å². The van der Waals surface area contributed by atoms with Gasteiger partial charge in [-0.15, -0.1) is 0 Å². The quantitative estimate of drug-likeness (QED) is 0.816. The van der Waals surface area contributed by atoms with E-state index in [0.717, 1.165) is 32.1 Å². The Hall–Kier alpha value is -2.23. The van der Waals surface area contributed by atoms with Gasteiger partial charge in [-0.3, -0.25) is 4.79 Å². The number of phenols is 1. The van der Waals surface area contributed by atoms with E-state index in [-0.39, 0.29) is 5.91 Å². The molecule has 24 heavy (non-hydrogen) atoms. The molecule has 1 amide bonds. The normalized spacial score (nSPS) is 24.4. The summed E-state index contributed by atoms with van der Waals surface area (Å²) in [5, 5.41) is 9.84. The second-order valence-corrected chi connectivity index (χ2v) is 6.92. The zero-order valence-electron chi connectivity index (χ0n) is 14.0. The first kappa shape index (κ1) is 16.6. The zero-order chi connectivity index (χ0) is 16.9. The number of hydrogen-bond acceptors (Lipinski definition) is 2. The van der Waals surface area contributed by atoms with Gasteiger partial charge in [0.05, 0.1) is 0 Å². The maximum Gasteiger partial charge on any atom is 0.217 e. The lowest BCUT2D eigenvalue weighted by Crippen LogP contribution is -2.19. The summed E-state index contributed by atoms with van der Waals surface area (Å²) in [6, 6.07) is 12.2. The molecule has 1 fully saturated rings. The summed E-state index contributed by atoms with van der Waals surface area (Å²) in [6.07, 6.45) is 9.93. The highest BCUT2D eigenvalue weighted by Gasteiger charge is 2.30. The molecule has 0 spiro atoms. The van der Waals surface area contributed by atoms with Crippen LogP contribution in [0, 0.1) is 5.92 Å². The molecule has 0 aliphatic heterocycles. The van der Waals surface area contributed by atoms with Gasteiger partial charge >= 0.3 is 0 Å². The van der Waals surface area contributed by atoms with E-state index < -0.39 is 0 Å². The molecule has 1 aromatic carbocycles. The van der Waals surface area contributed by atoms with Crippen molar-refractivity contribution >= 4 is 5.91 Å². The van der Waals surface area contributed by atoms with Gasteiger partial charge in [-0.05, 0) is 67.3 Å². The van der Waals surface area contributed by atoms with Gasteiger partial charge in [-0.2, -0.15) is 0 Å². The molecule has 4 nitrogen and oxygen atoms in total. The molecule has 3 rings (SSSR count). The minimum atomic E-state index is -0.230. The second-order valence-electron chi connectivity index (χ2n) is 6.92. The van der Waals surface area contributed by atoms with Crippen LogP contribution in [0.3, 0.4) is 0 Å². The lowest BCUT2D eigenvalue weighted by molar-refractivity contribution is -0.118. The molecule has 128 valence electrons. The summed E-state index contributed by atoms with van der Waals surface area (Å²) in [5.74, 6) is 0.852. The van der Waals surface area contributed by atoms with E-state index in [1.54, 1.807) is 6.07 Å². The highest BCUT2D eigenvalue weighted by molar-refractivity contribution is 5.73. The summed E-state index contributed by atoms with van der Waals surface area (Å²) < 4.78 is 2.29. The first-order valence-corrected chi connectivity index (χ1v) is 8.83. The smallest absolute Gasteiger partial charge is 0.217 e. The molecule has 4 heteroatoms. The largest absolute Gasteiger partial charge is 0.508 e. The van der Waals surface area contributed by atoms with Crippen LogP contribution >= 0.6 is 0 Å². The van der Waals surface area contributed by atoms with Gasteiger partial charge < -0.3 is 15.4 Å². The van der Waals surface area contributed by atoms with Crippen molar-refractivity contribution in [3.63, 3.8) is 0 Å². The molecule has 1 aliphatic carbocycles. The van der Waals surface area contributed by atoms with E-state index in [9.17, 15) is 9.90 Å². The predicted octanol–water partition coefficient (Wildman–Crippen LogP) is 3.97. The number of benzene rings is 1. The van der Waals surface area contributed by atoms with Gasteiger partial charge in [0.1, 0.15) is 5.75 Å². The average Bonchev–Trinajstić information content (AvgIpc) is 3.00. The van der Waals surface area contributed by atoms with Gasteiger partial charge in [0.15, 0.2) is 0 Å². The molecule has 1 aromatic heterocycles. The average molecular weight is 326 g/mol. The van der Waals surface area contributed by atoms with E-state index in [0.29, 0.717) is 30.0 Å². The lowest BCUT2D eigenvalue weighted by Gasteiger charge is -2.28. The van der Waals surface area contributed by atoms with Crippen LogP contribution < -0.4 is 5.73 Å². The minimum Gasteiger partial charge on any atom is -0.508 e. The van der Waals surface area contributed by atoms with Crippen molar-refractivity contribution < 1.29 is 9.90 Å². The number of amides is 1. The molecule has 0 bridgehead atoms. The fraction of sp³-hybridized carbons (Fsp3) is 0.450. The molecular formula is C20H26N2O2. The molecule has 0 radical (unpaired) electrons. The van der Waals surface area contributed by atoms with Gasteiger partial charge in [0.2, 0.25) is 5.91 Å². The number of phenolic OH excluding ortho intramolecular Hbond substituents is 1. The number of rotatable bonds is 5. The van der Waals surface area contributed by atoms with Crippen LogP contribution in [0.25, 0.3) is 0 Å². The highest BCUT2D eigenvalue weighted by Crippen LogP contribution is 2.43. The third-order valence-electron chi connectivity index (χ3n) is 5.31. The molecule has 3 atom stereocenters. The van der Waals surface area contributed by atoms with Crippen LogP contribution in [-0.2, 0) is 4.79 Å². The molecule has 1 saturated carbocycles. The zero-order valence-corrected chi connectivity index (χ0v) is 14.0. The topological polar surface area (TPSA) is 68.2 Å². The molecule has 1 heterocycles. The van der Waals surface area contributed by atoms with Crippen molar-refractivity contribution in [3.05, 3.63) is 54.4 Å². The summed E-state index contributed by atoms with van der Waals surface area (Å²) in [5.41, 5.74) is 6.58. The van der Waals surface area contributed by atoms with Crippen LogP contribution in [0.2, 0.25) is 0 Å². The number of carbonyl (C=O) groups is 1. The Bertz CT molecular complexity index is 666. The number of aromatic hydroxyl groups is 1. The number of carbonyl (C=O) groups excluding carboxylic acids is 1. The third-order valence-corrected chi connectivity index (χ3v) is 5.31. The van der Waals surface area contributed by atoms with Crippen LogP contribution in [0.1, 0.15) is 56.0 Å². The Morgan fingerprint density at radius 3 is 2.71 bits per heavy atom. The summed E-state index contributed by atoms with van der Waals surface area (Å²) >= 11 is 0. The molecule has 1 aliphatic rings. The monoisotopic (exact) mass is 326 g/mol. The summed E-state index contributed by atoms with van der Waals surface area (Å²) in [7, 11) is 0. The molecule has 3 N–H and O–H groups in total. The van der Waals surface area contributed by atoms with Crippen molar-refractivity contribution in [2.24, 2.45) is 11.7 Å². The molecular weight excluding hydrogens is 300 g/mol. The minimum absolute atomic E-state index is 0.230. The maximum atomic E-state index is 11.3. The van der Waals surface area contributed by atoms with Gasteiger partial charge in [-0.25, -0.2) is 0 Å². The SMILES string of the molecule is NC(=O)CCC1CC(n2cccc2)CCCC1c1cccc(O)c1. The van der Waals surface area contributed by atoms with Crippen LogP contribution in [0.5, 0.6) is 5.75 Å². The van der Waals surface area contributed by atoms with Crippen molar-refractivity contribution in [2.75, 3.05) is 0 Å². The lowest BCUT2D eigenvalue weighted by atomic mass is 9.79. The Morgan fingerprint density at radius 2 is 2.00 bits per heavy atom. The third kappa shape index (κ3) is 3.99. The number of nitrogens with two attached hydrogens (primary N) is 1. The van der Waals surface area contributed by atoms with Gasteiger partial charge in [-0.1, -0.05) is 18.6 Å². The number of hydrogen-bond donors (Lipinski definition) is 2. The van der Waals surface area contributed by atoms with E-state index in [2.05, 4.69) is 35.2 Å². The Kier molecular flexibility index (Phi) is 5.24. The summed E-state index contributed by atoms with van der Waals surface area (Å²) in [6.45, 7) is 0. The maximum absolute atomic E-state index is 11.3. The standard InChI is InChI=1S/C20H26N2O2/c21-20(24)10-9-16-13-17(22-11-1-2-12-22)6-4-8-19(16)15-5-3-7-18(23)14-15/h1-3,5,7,11-12,14,16-17,19,23H,4,6,8-10,13H2,(H2,21,24). The first-order valence-electron chi connectivity index (χ1n) is 8.83. The Labute approximate surface area is 143 Å². The Balaban J connectivity index is 1.84. The van der Waals surface area contributed by atoms with Crippen molar-refractivity contribution in [2.45, 2.75) is 50.5 Å². The van der Waals surface area contributed by atoms with E-state index in [4.69, 9.17) is 5.73 Å². The van der Waals surface area contributed by atoms with Crippen molar-refractivity contribution in [1.82, 2.24) is 4.57 Å². The molecule has 0 saturated heterocycles. The van der Waals surface area contributed by atoms with Crippen LogP contribution in [0.15, 0.2) is 48.8 Å². The van der Waals surface area contributed by atoms with E-state index in [1.807, 2.05) is 12.1 Å². The number of primary amides is 1. The van der Waals surface area contributed by atoms with E-state index in [1.165, 1.54) is 5.56 Å². The number of aromatic nitrogens is 1. The fourth-order valence-electron chi connectivity index (χ4n) is 4.14. The fourth-order valence-corrected chi connectivity index (χ4v) is 4.14. The van der Waals surface area contributed by atoms with Crippen LogP contribution in [-0.4, -0.2) is 15.6 Å². The Morgan fingerprint density at radius 1 is 1.21 bits per heavy atom. The predicted molar refractivity (Wildman–Crippen MR) is 94.7 cm³/mol. The van der Waals surface area contributed by atoms with Gasteiger partial charge in [0, 0.05) is 24.9 Å². The first-order chi connectivity index (χ1) is 11.6. The van der Waals surface area contributed by atoms with Gasteiger partial charge in [0.25, 0.3) is 0 Å². The van der Waals surface area contributed by atoms with Crippen molar-refractivity contribution in [1.29, 1.82) is 0 Å². The highest BCUT2D eigenvalue weighted by atomic mass is 16.3. The molecule has 3 unspecified atom stereocenters. The number of nitrogens with zero attached hydrogens (tertiary/aromatic N) is 1. The second kappa shape index (κ2) is 7.56. The van der Waals surface area contributed by atoms with E-state index >= 15 is 0 Å². The summed E-state index contributed by atoms with van der Waals surface area (Å²) in [4.78, 5) is 11.3. The molecule has 2 aromatic rings. The van der Waals surface area contributed by atoms with Crippen molar-refractivity contribution in [3.8, 4) is 5.75 Å².